The van der Waals surface area contributed by atoms with Crippen molar-refractivity contribution < 1.29 is 4.74 Å². The van der Waals surface area contributed by atoms with Gasteiger partial charge >= 0.3 is 0 Å². The summed E-state index contributed by atoms with van der Waals surface area (Å²) in [7, 11) is 2.17. The van der Waals surface area contributed by atoms with E-state index < -0.39 is 0 Å². The summed E-state index contributed by atoms with van der Waals surface area (Å²) in [6, 6.07) is 5.62. The van der Waals surface area contributed by atoms with Gasteiger partial charge in [0.25, 0.3) is 5.56 Å². The number of piperidine rings is 2. The fourth-order valence-corrected chi connectivity index (χ4v) is 5.01. The molecule has 0 amide bonds. The Balaban J connectivity index is 0.00000240. The molecule has 0 aliphatic carbocycles. The van der Waals surface area contributed by atoms with Crippen LogP contribution in [-0.4, -0.2) is 68.4 Å². The van der Waals surface area contributed by atoms with Crippen molar-refractivity contribution in [2.75, 3.05) is 39.8 Å². The van der Waals surface area contributed by atoms with Crippen molar-refractivity contribution in [3.05, 3.63) is 34.4 Å². The third-order valence-electron chi connectivity index (χ3n) is 5.79. The maximum absolute atomic E-state index is 12.5. The van der Waals surface area contributed by atoms with Gasteiger partial charge in [0.2, 0.25) is 0 Å². The fourth-order valence-electron chi connectivity index (χ4n) is 3.94. The Morgan fingerprint density at radius 1 is 1.21 bits per heavy atom. The molecule has 2 fully saturated rings. The molecule has 0 unspecified atom stereocenters. The number of H-pyrrole nitrogens is 1. The minimum absolute atomic E-state index is 0. The van der Waals surface area contributed by atoms with Gasteiger partial charge in [0, 0.05) is 19.7 Å². The van der Waals surface area contributed by atoms with Crippen LogP contribution < -0.4 is 15.6 Å². The van der Waals surface area contributed by atoms with Crippen LogP contribution in [0.15, 0.2) is 23.0 Å². The van der Waals surface area contributed by atoms with Crippen molar-refractivity contribution in [3.63, 3.8) is 0 Å². The Labute approximate surface area is 178 Å². The number of rotatable bonds is 6. The van der Waals surface area contributed by atoms with Gasteiger partial charge in [-0.05, 0) is 77.0 Å². The van der Waals surface area contributed by atoms with Gasteiger partial charge < -0.3 is 19.9 Å². The Bertz CT molecular complexity index is 848. The second-order valence-electron chi connectivity index (χ2n) is 8.01. The molecule has 2 aliphatic rings. The molecular weight excluding hydrogens is 383 g/mol. The number of fused-ring (bicyclic) bond motifs is 1. The number of aromatic nitrogens is 2. The fraction of sp³-hybridized carbons (Fsp3) is 0.619. The first-order chi connectivity index (χ1) is 13.7. The second-order valence-corrected chi connectivity index (χ2v) is 9.30. The van der Waals surface area contributed by atoms with E-state index in [0.29, 0.717) is 16.6 Å². The summed E-state index contributed by atoms with van der Waals surface area (Å²) in [6.45, 7) is 5.17. The average Bonchev–Trinajstić information content (AvgIpc) is 2.72. The average molecular weight is 413 g/mol. The molecule has 3 heterocycles. The maximum Gasteiger partial charge on any atom is 0.258 e. The van der Waals surface area contributed by atoms with Crippen molar-refractivity contribution in [1.29, 1.82) is 0 Å². The van der Waals surface area contributed by atoms with E-state index in [4.69, 9.17) is 9.72 Å². The third kappa shape index (κ3) is 5.99. The quantitative estimate of drug-likeness (QED) is 0.708. The van der Waals surface area contributed by atoms with Gasteiger partial charge in [0.1, 0.15) is 11.6 Å². The van der Waals surface area contributed by atoms with Gasteiger partial charge in [-0.2, -0.15) is 11.8 Å². The third-order valence-corrected chi connectivity index (χ3v) is 7.18. The molecular formula is C21H30BN4O2S. The summed E-state index contributed by atoms with van der Waals surface area (Å²) in [5.74, 6) is 2.92. The molecule has 2 saturated heterocycles. The molecule has 3 radical (unpaired) electrons. The predicted molar refractivity (Wildman–Crippen MR) is 121 cm³/mol. The highest BCUT2D eigenvalue weighted by Gasteiger charge is 2.18. The van der Waals surface area contributed by atoms with Crippen molar-refractivity contribution in [2.24, 2.45) is 5.92 Å². The Morgan fingerprint density at radius 3 is 2.72 bits per heavy atom. The van der Waals surface area contributed by atoms with Gasteiger partial charge in [0.05, 0.1) is 23.3 Å². The Morgan fingerprint density at radius 2 is 1.97 bits per heavy atom. The number of benzene rings is 1. The summed E-state index contributed by atoms with van der Waals surface area (Å²) in [5, 5.41) is 4.66. The first-order valence-electron chi connectivity index (χ1n) is 10.3. The minimum atomic E-state index is -0.0612. The first kappa shape index (κ1) is 22.2. The lowest BCUT2D eigenvalue weighted by atomic mass is 9.99. The van der Waals surface area contributed by atoms with Crippen LogP contribution in [0.2, 0.25) is 0 Å². The summed E-state index contributed by atoms with van der Waals surface area (Å²) in [6.07, 6.45) is 4.72. The predicted octanol–water partition coefficient (Wildman–Crippen LogP) is 2.25. The number of thioether (sulfide) groups is 1. The molecule has 0 spiro atoms. The van der Waals surface area contributed by atoms with Gasteiger partial charge in [-0.25, -0.2) is 4.98 Å². The van der Waals surface area contributed by atoms with Crippen LogP contribution in [0, 0.1) is 5.92 Å². The van der Waals surface area contributed by atoms with Crippen molar-refractivity contribution in [2.45, 2.75) is 36.7 Å². The van der Waals surface area contributed by atoms with E-state index in [1.807, 2.05) is 30.0 Å². The summed E-state index contributed by atoms with van der Waals surface area (Å²) < 4.78 is 6.01. The molecule has 2 aromatic rings. The Kier molecular flexibility index (Phi) is 8.03. The molecule has 29 heavy (non-hydrogen) atoms. The summed E-state index contributed by atoms with van der Waals surface area (Å²) in [5.41, 5.74) is 0.666. The normalized spacial score (nSPS) is 19.2. The van der Waals surface area contributed by atoms with Crippen molar-refractivity contribution in [3.8, 4) is 5.75 Å². The van der Waals surface area contributed by atoms with Gasteiger partial charge in [-0.15, -0.1) is 0 Å². The number of likely N-dealkylation sites (tertiary alicyclic amines) is 1. The summed E-state index contributed by atoms with van der Waals surface area (Å²) in [4.78, 5) is 22.5. The van der Waals surface area contributed by atoms with E-state index in [9.17, 15) is 4.79 Å². The monoisotopic (exact) mass is 413 g/mol. The molecule has 8 heteroatoms. The summed E-state index contributed by atoms with van der Waals surface area (Å²) >= 11 is 1.91. The first-order valence-corrected chi connectivity index (χ1v) is 11.4. The van der Waals surface area contributed by atoms with E-state index in [0.717, 1.165) is 68.5 Å². The number of nitrogens with zero attached hydrogens (tertiary/aromatic N) is 2. The van der Waals surface area contributed by atoms with Gasteiger partial charge in [-0.3, -0.25) is 4.79 Å². The number of hydrogen-bond acceptors (Lipinski definition) is 6. The topological polar surface area (TPSA) is 70.2 Å². The van der Waals surface area contributed by atoms with Crippen molar-refractivity contribution in [1.82, 2.24) is 20.2 Å². The van der Waals surface area contributed by atoms with Crippen LogP contribution in [0.1, 0.15) is 31.5 Å². The Hall–Kier alpha value is -1.51. The zero-order valence-electron chi connectivity index (χ0n) is 17.2. The highest BCUT2D eigenvalue weighted by Crippen LogP contribution is 2.26. The van der Waals surface area contributed by atoms with E-state index in [1.165, 1.54) is 12.8 Å². The smallest absolute Gasteiger partial charge is 0.258 e. The molecule has 4 rings (SSSR count). The van der Waals surface area contributed by atoms with E-state index in [-0.39, 0.29) is 14.0 Å². The molecule has 1 aromatic carbocycles. The SMILES string of the molecule is CN1CCC(SCc2nc3cc(OCC4CCNCC4)ccc3c(=O)[nH]2)CC1.[B]. The molecule has 2 aliphatic heterocycles. The molecule has 0 saturated carbocycles. The lowest BCUT2D eigenvalue weighted by molar-refractivity contribution is 0.215. The van der Waals surface area contributed by atoms with Crippen LogP contribution in [0.5, 0.6) is 5.75 Å². The van der Waals surface area contributed by atoms with Crippen LogP contribution in [0.25, 0.3) is 10.9 Å². The lowest BCUT2D eigenvalue weighted by Crippen LogP contribution is -2.31. The van der Waals surface area contributed by atoms with E-state index >= 15 is 0 Å². The minimum Gasteiger partial charge on any atom is -0.493 e. The number of aromatic amines is 1. The van der Waals surface area contributed by atoms with Crippen LogP contribution in [0.3, 0.4) is 0 Å². The molecule has 2 N–H and O–H groups in total. The van der Waals surface area contributed by atoms with Crippen LogP contribution in [0.4, 0.5) is 0 Å². The number of ether oxygens (including phenoxy) is 1. The van der Waals surface area contributed by atoms with Crippen molar-refractivity contribution >= 4 is 31.1 Å². The highest BCUT2D eigenvalue weighted by atomic mass is 32.2. The standard InChI is InChI=1S/C21H30N4O2S.B/c1-25-10-6-17(7-11-25)28-14-20-23-19-12-16(2-3-18(19)21(26)24-20)27-13-15-4-8-22-9-5-15;/h2-3,12,15,17,22H,4-11,13-14H2,1H3,(H,23,24,26);. The largest absolute Gasteiger partial charge is 0.493 e. The van der Waals surface area contributed by atoms with E-state index in [2.05, 4.69) is 22.2 Å². The number of nitrogens with one attached hydrogen (secondary N) is 2. The van der Waals surface area contributed by atoms with E-state index in [1.54, 1.807) is 0 Å². The molecule has 0 bridgehead atoms. The highest BCUT2D eigenvalue weighted by molar-refractivity contribution is 7.99. The maximum atomic E-state index is 12.5. The molecule has 6 nitrogen and oxygen atoms in total. The number of hydrogen-bond donors (Lipinski definition) is 2. The lowest BCUT2D eigenvalue weighted by Gasteiger charge is -2.28. The molecule has 0 atom stereocenters. The van der Waals surface area contributed by atoms with Gasteiger partial charge in [-0.1, -0.05) is 0 Å². The van der Waals surface area contributed by atoms with Gasteiger partial charge in [0.15, 0.2) is 0 Å². The second kappa shape index (κ2) is 10.5. The zero-order chi connectivity index (χ0) is 19.3. The zero-order valence-corrected chi connectivity index (χ0v) is 18.0. The molecule has 1 aromatic heterocycles. The van der Waals surface area contributed by atoms with Crippen LogP contribution >= 0.6 is 11.8 Å². The van der Waals surface area contributed by atoms with Crippen LogP contribution in [-0.2, 0) is 5.75 Å². The molecule has 155 valence electrons.